The molecule has 0 bridgehead atoms. The quantitative estimate of drug-likeness (QED) is 0.359. The molecule has 1 fully saturated rings. The molecule has 0 radical (unpaired) electrons. The molecule has 0 heterocycles. The van der Waals surface area contributed by atoms with Crippen LogP contribution in [0.15, 0.2) is 72.3 Å². The van der Waals surface area contributed by atoms with Crippen molar-refractivity contribution < 1.29 is 24.2 Å². The number of benzene rings is 2. The van der Waals surface area contributed by atoms with Crippen molar-refractivity contribution in [1.82, 2.24) is 10.6 Å². The minimum Gasteiger partial charge on any atom is -0.480 e. The van der Waals surface area contributed by atoms with Gasteiger partial charge in [0.15, 0.2) is 0 Å². The highest BCUT2D eigenvalue weighted by Crippen LogP contribution is 2.34. The molecule has 2 aromatic carbocycles. The van der Waals surface area contributed by atoms with Gasteiger partial charge in [-0.25, -0.2) is 9.59 Å². The Balaban J connectivity index is 1.34. The first-order valence-corrected chi connectivity index (χ1v) is 12.6. The molecule has 1 saturated carbocycles. The Hall–Kier alpha value is -3.91. The Morgan fingerprint density at radius 1 is 1.05 bits per heavy atom. The fourth-order valence-electron chi connectivity index (χ4n) is 4.25. The molecule has 2 unspecified atom stereocenters. The van der Waals surface area contributed by atoms with E-state index in [0.29, 0.717) is 12.6 Å². The molecule has 194 valence electrons. The Bertz CT molecular complexity index is 1190. The number of allylic oxidation sites excluding steroid dienone is 3. The minimum atomic E-state index is -1.11. The molecular weight excluding hydrogens is 470 g/mol. The van der Waals surface area contributed by atoms with Crippen LogP contribution < -0.4 is 16.0 Å². The van der Waals surface area contributed by atoms with E-state index >= 15 is 0 Å². The summed E-state index contributed by atoms with van der Waals surface area (Å²) < 4.78 is 5.19. The van der Waals surface area contributed by atoms with E-state index in [1.54, 1.807) is 0 Å². The zero-order valence-corrected chi connectivity index (χ0v) is 20.9. The summed E-state index contributed by atoms with van der Waals surface area (Å²) in [5, 5.41) is 18.3. The van der Waals surface area contributed by atoms with Crippen LogP contribution in [0.4, 0.5) is 10.5 Å². The van der Waals surface area contributed by atoms with Crippen molar-refractivity contribution in [3.63, 3.8) is 0 Å². The third-order valence-corrected chi connectivity index (χ3v) is 6.55. The topological polar surface area (TPSA) is 117 Å². The van der Waals surface area contributed by atoms with Gasteiger partial charge in [0.2, 0.25) is 5.91 Å². The van der Waals surface area contributed by atoms with Gasteiger partial charge in [-0.2, -0.15) is 0 Å². The number of hydrogen-bond acceptors (Lipinski definition) is 5. The number of aliphatic carboxylic acids is 1. The van der Waals surface area contributed by atoms with E-state index in [0.717, 1.165) is 47.2 Å². The molecule has 8 heteroatoms. The Morgan fingerprint density at radius 3 is 2.54 bits per heavy atom. The molecule has 37 heavy (non-hydrogen) atoms. The van der Waals surface area contributed by atoms with Crippen LogP contribution in [0.3, 0.4) is 0 Å². The zero-order chi connectivity index (χ0) is 26.2. The summed E-state index contributed by atoms with van der Waals surface area (Å²) >= 11 is 0. The number of hydrogen-bond donors (Lipinski definition) is 4. The van der Waals surface area contributed by atoms with Gasteiger partial charge in [-0.1, -0.05) is 67.1 Å². The number of alkyl carbamates (subject to hydrolysis) is 1. The lowest BCUT2D eigenvalue weighted by atomic mass is 9.83. The number of carboxylic acid groups (broad SMARTS) is 1. The number of carboxylic acids is 1. The summed E-state index contributed by atoms with van der Waals surface area (Å²) in [6.45, 7) is 2.42. The van der Waals surface area contributed by atoms with Crippen LogP contribution in [0.1, 0.15) is 43.7 Å². The van der Waals surface area contributed by atoms with Crippen molar-refractivity contribution >= 4 is 29.2 Å². The monoisotopic (exact) mass is 503 g/mol. The van der Waals surface area contributed by atoms with Crippen LogP contribution in [0, 0.1) is 5.92 Å². The SMILES string of the molecule is CC1CC(c2cccc(NC(=O)CNC3CC3)c2)=CC=C1CC(NC(=O)OCc1ccccc1)C(=O)O. The van der Waals surface area contributed by atoms with Crippen molar-refractivity contribution in [3.05, 3.63) is 83.4 Å². The summed E-state index contributed by atoms with van der Waals surface area (Å²) in [5.41, 5.74) is 4.62. The highest BCUT2D eigenvalue weighted by molar-refractivity contribution is 5.92. The molecule has 0 aliphatic heterocycles. The van der Waals surface area contributed by atoms with Crippen molar-refractivity contribution in [3.8, 4) is 0 Å². The predicted octanol–water partition coefficient (Wildman–Crippen LogP) is 4.50. The van der Waals surface area contributed by atoms with E-state index in [1.807, 2.05) is 73.7 Å². The molecule has 8 nitrogen and oxygen atoms in total. The first-order chi connectivity index (χ1) is 17.9. The molecule has 4 rings (SSSR count). The highest BCUT2D eigenvalue weighted by Gasteiger charge is 2.26. The van der Waals surface area contributed by atoms with E-state index in [1.165, 1.54) is 0 Å². The maximum Gasteiger partial charge on any atom is 0.408 e. The molecule has 4 N–H and O–H groups in total. The van der Waals surface area contributed by atoms with Crippen molar-refractivity contribution in [1.29, 1.82) is 0 Å². The molecule has 2 aliphatic rings. The summed E-state index contributed by atoms with van der Waals surface area (Å²) in [6, 6.07) is 16.3. The van der Waals surface area contributed by atoms with Gasteiger partial charge in [-0.05, 0) is 54.0 Å². The van der Waals surface area contributed by atoms with Gasteiger partial charge in [0.05, 0.1) is 6.54 Å². The van der Waals surface area contributed by atoms with Crippen LogP contribution in [-0.4, -0.2) is 41.7 Å². The second-order valence-electron chi connectivity index (χ2n) is 9.62. The van der Waals surface area contributed by atoms with Crippen LogP contribution in [0.5, 0.6) is 0 Å². The zero-order valence-electron chi connectivity index (χ0n) is 20.9. The van der Waals surface area contributed by atoms with Gasteiger partial charge in [0, 0.05) is 18.2 Å². The highest BCUT2D eigenvalue weighted by atomic mass is 16.5. The fraction of sp³-hybridized carbons (Fsp3) is 0.345. The smallest absolute Gasteiger partial charge is 0.408 e. The van der Waals surface area contributed by atoms with E-state index in [2.05, 4.69) is 16.0 Å². The normalized spacial score (nSPS) is 17.7. The van der Waals surface area contributed by atoms with Crippen molar-refractivity contribution in [2.75, 3.05) is 11.9 Å². The van der Waals surface area contributed by atoms with Crippen LogP contribution in [-0.2, 0) is 20.9 Å². The summed E-state index contributed by atoms with van der Waals surface area (Å²) in [7, 11) is 0. The van der Waals surface area contributed by atoms with E-state index in [9.17, 15) is 19.5 Å². The van der Waals surface area contributed by atoms with Gasteiger partial charge >= 0.3 is 12.1 Å². The lowest BCUT2D eigenvalue weighted by Crippen LogP contribution is -2.41. The third kappa shape index (κ3) is 8.05. The fourth-order valence-corrected chi connectivity index (χ4v) is 4.25. The maximum atomic E-state index is 12.2. The number of carbonyl (C=O) groups excluding carboxylic acids is 2. The first-order valence-electron chi connectivity index (χ1n) is 12.6. The second kappa shape index (κ2) is 12.4. The Morgan fingerprint density at radius 2 is 1.84 bits per heavy atom. The van der Waals surface area contributed by atoms with Gasteiger partial charge in [-0.15, -0.1) is 0 Å². The van der Waals surface area contributed by atoms with E-state index in [-0.39, 0.29) is 24.9 Å². The molecule has 2 aromatic rings. The van der Waals surface area contributed by atoms with Gasteiger partial charge < -0.3 is 25.8 Å². The number of anilines is 1. The number of rotatable bonds is 11. The van der Waals surface area contributed by atoms with Crippen molar-refractivity contribution in [2.45, 2.75) is 51.3 Å². The standard InChI is InChI=1S/C29H33N3O5/c1-19-14-23(22-8-5-9-25(15-22)31-27(33)17-30-24-12-13-24)11-10-21(19)16-26(28(34)35)32-29(36)37-18-20-6-3-2-4-7-20/h2-11,15,19,24,26,30H,12-14,16-18H2,1H3,(H,31,33)(H,32,36)(H,34,35). The Labute approximate surface area is 216 Å². The molecule has 0 aromatic heterocycles. The third-order valence-electron chi connectivity index (χ3n) is 6.55. The molecule has 2 amide bonds. The van der Waals surface area contributed by atoms with Gasteiger partial charge in [-0.3, -0.25) is 4.79 Å². The molecular formula is C29H33N3O5. The van der Waals surface area contributed by atoms with E-state index in [4.69, 9.17) is 4.74 Å². The van der Waals surface area contributed by atoms with E-state index < -0.39 is 18.1 Å². The molecule has 2 atom stereocenters. The molecule has 0 saturated heterocycles. The average molecular weight is 504 g/mol. The Kier molecular flexibility index (Phi) is 8.74. The van der Waals surface area contributed by atoms with Gasteiger partial charge in [0.1, 0.15) is 12.6 Å². The molecule has 0 spiro atoms. The lowest BCUT2D eigenvalue weighted by molar-refractivity contribution is -0.139. The number of nitrogens with one attached hydrogen (secondary N) is 3. The van der Waals surface area contributed by atoms with Crippen LogP contribution >= 0.6 is 0 Å². The second-order valence-corrected chi connectivity index (χ2v) is 9.62. The van der Waals surface area contributed by atoms with Crippen molar-refractivity contribution in [2.24, 2.45) is 5.92 Å². The predicted molar refractivity (Wildman–Crippen MR) is 142 cm³/mol. The number of amides is 2. The lowest BCUT2D eigenvalue weighted by Gasteiger charge is -2.25. The average Bonchev–Trinajstić information content (AvgIpc) is 3.72. The maximum absolute atomic E-state index is 12.2. The largest absolute Gasteiger partial charge is 0.480 e. The molecule has 2 aliphatic carbocycles. The van der Waals surface area contributed by atoms with Crippen LogP contribution in [0.25, 0.3) is 5.57 Å². The van der Waals surface area contributed by atoms with Gasteiger partial charge in [0.25, 0.3) is 0 Å². The van der Waals surface area contributed by atoms with Crippen LogP contribution in [0.2, 0.25) is 0 Å². The number of ether oxygens (including phenoxy) is 1. The number of carbonyl (C=O) groups is 3. The summed E-state index contributed by atoms with van der Waals surface area (Å²) in [4.78, 5) is 36.2. The summed E-state index contributed by atoms with van der Waals surface area (Å²) in [5.74, 6) is -1.09. The minimum absolute atomic E-state index is 0.0632. The summed E-state index contributed by atoms with van der Waals surface area (Å²) in [6.07, 6.45) is 6.32. The first kappa shape index (κ1) is 26.2.